The molecule has 0 bridgehead atoms. The van der Waals surface area contributed by atoms with Crippen LogP contribution in [0.15, 0.2) is 0 Å². The van der Waals surface area contributed by atoms with Crippen LogP contribution in [-0.4, -0.2) is 75.8 Å². The van der Waals surface area contributed by atoms with Gasteiger partial charge in [-0.3, -0.25) is 9.08 Å². The molecule has 0 radical (unpaired) electrons. The van der Waals surface area contributed by atoms with Crippen molar-refractivity contribution in [2.75, 3.05) is 52.5 Å². The molecular formula is C9H20N2O4S. The summed E-state index contributed by atoms with van der Waals surface area (Å²) in [6, 6.07) is 0. The number of rotatable bonds is 7. The van der Waals surface area contributed by atoms with Gasteiger partial charge in [0.15, 0.2) is 0 Å². The topological polar surface area (TPSA) is 70.1 Å². The zero-order valence-corrected chi connectivity index (χ0v) is 10.3. The fourth-order valence-electron chi connectivity index (χ4n) is 1.81. The predicted octanol–water partition coefficient (Wildman–Crippen LogP) is -1.47. The molecule has 0 spiro atoms. The smallest absolute Gasteiger partial charge is 0.257 e. The zero-order chi connectivity index (χ0) is 11.8. The van der Waals surface area contributed by atoms with Crippen LogP contribution in [-0.2, 0) is 15.2 Å². The lowest BCUT2D eigenvalue weighted by Gasteiger charge is -2.34. The van der Waals surface area contributed by atoms with E-state index in [-0.39, 0.29) is 13.2 Å². The Labute approximate surface area is 97.9 Å². The van der Waals surface area contributed by atoms with Crippen LogP contribution in [0.5, 0.6) is 0 Å². The SMILES string of the molecule is O=[SH](=O)OCCCN1CCN(CCO)CC1. The van der Waals surface area contributed by atoms with E-state index in [4.69, 9.17) is 5.11 Å². The summed E-state index contributed by atoms with van der Waals surface area (Å²) in [5.74, 6) is 0. The molecule has 1 fully saturated rings. The molecule has 1 heterocycles. The van der Waals surface area contributed by atoms with Gasteiger partial charge in [0.05, 0.1) is 13.2 Å². The molecule has 0 amide bonds. The molecular weight excluding hydrogens is 232 g/mol. The third kappa shape index (κ3) is 5.76. The molecule has 0 saturated carbocycles. The Morgan fingerprint density at radius 2 is 1.62 bits per heavy atom. The summed E-state index contributed by atoms with van der Waals surface area (Å²) in [5, 5.41) is 8.78. The van der Waals surface area contributed by atoms with Crippen LogP contribution in [0.3, 0.4) is 0 Å². The molecule has 7 heteroatoms. The second kappa shape index (κ2) is 7.97. The summed E-state index contributed by atoms with van der Waals surface area (Å²) in [5.41, 5.74) is 0. The first-order valence-electron chi connectivity index (χ1n) is 5.55. The van der Waals surface area contributed by atoms with Crippen molar-refractivity contribution in [3.63, 3.8) is 0 Å². The second-order valence-corrected chi connectivity index (χ2v) is 4.52. The molecule has 1 aliphatic rings. The quantitative estimate of drug-likeness (QED) is 0.426. The van der Waals surface area contributed by atoms with Crippen LogP contribution in [0.4, 0.5) is 0 Å². The van der Waals surface area contributed by atoms with Crippen molar-refractivity contribution < 1.29 is 17.7 Å². The van der Waals surface area contributed by atoms with E-state index in [2.05, 4.69) is 14.0 Å². The minimum absolute atomic E-state index is 0.213. The van der Waals surface area contributed by atoms with E-state index in [1.54, 1.807) is 0 Å². The summed E-state index contributed by atoms with van der Waals surface area (Å²) >= 11 is 0. The summed E-state index contributed by atoms with van der Waals surface area (Å²) in [6.45, 7) is 5.99. The van der Waals surface area contributed by atoms with Crippen LogP contribution in [0.2, 0.25) is 0 Å². The van der Waals surface area contributed by atoms with E-state index < -0.39 is 11.0 Å². The van der Waals surface area contributed by atoms with Crippen LogP contribution < -0.4 is 0 Å². The van der Waals surface area contributed by atoms with Gasteiger partial charge in [0, 0.05) is 39.3 Å². The van der Waals surface area contributed by atoms with Gasteiger partial charge in [-0.25, -0.2) is 8.42 Å². The molecule has 1 N–H and O–H groups in total. The number of thiol groups is 1. The Kier molecular flexibility index (Phi) is 6.90. The maximum Gasteiger partial charge on any atom is 0.257 e. The maximum atomic E-state index is 10.1. The van der Waals surface area contributed by atoms with Gasteiger partial charge >= 0.3 is 0 Å². The van der Waals surface area contributed by atoms with E-state index >= 15 is 0 Å². The van der Waals surface area contributed by atoms with Crippen LogP contribution in [0.25, 0.3) is 0 Å². The van der Waals surface area contributed by atoms with Crippen molar-refractivity contribution in [3.05, 3.63) is 0 Å². The first-order valence-corrected chi connectivity index (χ1v) is 6.65. The highest BCUT2D eigenvalue weighted by Gasteiger charge is 2.15. The standard InChI is InChI=1S/C9H20N2O4S/c12-8-7-11-5-3-10(4-6-11)2-1-9-15-16(13)14/h12,16H,1-9H2. The highest BCUT2D eigenvalue weighted by atomic mass is 32.2. The molecule has 0 aromatic rings. The number of piperazine rings is 1. The van der Waals surface area contributed by atoms with E-state index in [0.29, 0.717) is 0 Å². The van der Waals surface area contributed by atoms with E-state index in [1.165, 1.54) is 0 Å². The van der Waals surface area contributed by atoms with Crippen molar-refractivity contribution in [3.8, 4) is 0 Å². The Hall–Kier alpha value is -0.210. The van der Waals surface area contributed by atoms with E-state index in [0.717, 1.165) is 45.7 Å². The lowest BCUT2D eigenvalue weighted by molar-refractivity contribution is 0.109. The van der Waals surface area contributed by atoms with Crippen molar-refractivity contribution in [1.29, 1.82) is 0 Å². The summed E-state index contributed by atoms with van der Waals surface area (Å²) in [6.07, 6.45) is 0.739. The Morgan fingerprint density at radius 3 is 2.12 bits per heavy atom. The summed E-state index contributed by atoms with van der Waals surface area (Å²) in [4.78, 5) is 4.51. The molecule has 0 aromatic carbocycles. The van der Waals surface area contributed by atoms with Crippen molar-refractivity contribution >= 4 is 11.0 Å². The van der Waals surface area contributed by atoms with Crippen molar-refractivity contribution in [2.24, 2.45) is 0 Å². The molecule has 0 unspecified atom stereocenters. The third-order valence-corrected chi connectivity index (χ3v) is 3.09. The first kappa shape index (κ1) is 13.9. The van der Waals surface area contributed by atoms with E-state index in [9.17, 15) is 8.42 Å². The van der Waals surface area contributed by atoms with Gasteiger partial charge in [0.2, 0.25) is 0 Å². The van der Waals surface area contributed by atoms with Gasteiger partial charge in [-0.15, -0.1) is 0 Å². The molecule has 1 rings (SSSR count). The van der Waals surface area contributed by atoms with Gasteiger partial charge in [-0.05, 0) is 6.42 Å². The lowest BCUT2D eigenvalue weighted by Crippen LogP contribution is -2.47. The Bertz CT molecular complexity index is 244. The Morgan fingerprint density at radius 1 is 1.06 bits per heavy atom. The molecule has 96 valence electrons. The monoisotopic (exact) mass is 252 g/mol. The number of nitrogens with zero attached hydrogens (tertiary/aromatic N) is 2. The highest BCUT2D eigenvalue weighted by molar-refractivity contribution is 7.67. The molecule has 1 aliphatic heterocycles. The van der Waals surface area contributed by atoms with E-state index in [1.807, 2.05) is 0 Å². The van der Waals surface area contributed by atoms with Gasteiger partial charge in [0.1, 0.15) is 0 Å². The van der Waals surface area contributed by atoms with Gasteiger partial charge in [-0.1, -0.05) is 0 Å². The number of aliphatic hydroxyl groups excluding tert-OH is 1. The van der Waals surface area contributed by atoms with Crippen LogP contribution in [0.1, 0.15) is 6.42 Å². The Balaban J connectivity index is 2.03. The number of aliphatic hydroxyl groups is 1. The lowest BCUT2D eigenvalue weighted by atomic mass is 10.3. The van der Waals surface area contributed by atoms with Gasteiger partial charge in [0.25, 0.3) is 11.0 Å². The normalized spacial score (nSPS) is 19.4. The van der Waals surface area contributed by atoms with Crippen LogP contribution >= 0.6 is 0 Å². The molecule has 0 aliphatic carbocycles. The average Bonchev–Trinajstić information content (AvgIpc) is 2.27. The second-order valence-electron chi connectivity index (χ2n) is 3.82. The fraction of sp³-hybridized carbons (Fsp3) is 1.00. The van der Waals surface area contributed by atoms with Gasteiger partial charge in [-0.2, -0.15) is 0 Å². The summed E-state index contributed by atoms with van der Waals surface area (Å²) in [7, 11) is -2.70. The van der Waals surface area contributed by atoms with Crippen molar-refractivity contribution in [2.45, 2.75) is 6.42 Å². The molecule has 0 aromatic heterocycles. The zero-order valence-electron chi connectivity index (χ0n) is 9.38. The van der Waals surface area contributed by atoms with Crippen LogP contribution in [0, 0.1) is 0 Å². The fourth-order valence-corrected chi connectivity index (χ4v) is 2.08. The molecule has 1 saturated heterocycles. The predicted molar refractivity (Wildman–Crippen MR) is 60.8 cm³/mol. The molecule has 16 heavy (non-hydrogen) atoms. The third-order valence-electron chi connectivity index (χ3n) is 2.70. The average molecular weight is 252 g/mol. The maximum absolute atomic E-state index is 10.1. The van der Waals surface area contributed by atoms with Gasteiger partial charge < -0.3 is 10.0 Å². The summed E-state index contributed by atoms with van der Waals surface area (Å²) < 4.78 is 24.7. The minimum atomic E-state index is -2.70. The first-order chi connectivity index (χ1) is 7.72. The molecule has 6 nitrogen and oxygen atoms in total. The largest absolute Gasteiger partial charge is 0.395 e. The number of β-amino-alcohol motifs (C(OH)–C–C–N with tert-alkyl or cyclic N) is 1. The minimum Gasteiger partial charge on any atom is -0.395 e. The molecule has 0 atom stereocenters. The number of hydrogen-bond acceptors (Lipinski definition) is 6. The number of hydrogen-bond donors (Lipinski definition) is 2. The highest BCUT2D eigenvalue weighted by Crippen LogP contribution is 2.01. The van der Waals surface area contributed by atoms with Crippen molar-refractivity contribution in [1.82, 2.24) is 9.80 Å².